The van der Waals surface area contributed by atoms with Gasteiger partial charge in [-0.1, -0.05) is 27.7 Å². The molecular formula is C23H28BrN3O4. The predicted octanol–water partition coefficient (Wildman–Crippen LogP) is 4.54. The van der Waals surface area contributed by atoms with E-state index in [1.165, 1.54) is 0 Å². The van der Waals surface area contributed by atoms with Crippen LogP contribution in [0.15, 0.2) is 46.9 Å². The first-order valence-electron chi connectivity index (χ1n) is 10.1. The normalized spacial score (nSPS) is 10.7. The number of hydrazine groups is 1. The van der Waals surface area contributed by atoms with Crippen molar-refractivity contribution in [2.75, 3.05) is 11.9 Å². The smallest absolute Gasteiger partial charge is 0.269 e. The third-order valence-corrected chi connectivity index (χ3v) is 4.70. The summed E-state index contributed by atoms with van der Waals surface area (Å²) in [6.45, 7) is 8.61. The van der Waals surface area contributed by atoms with Gasteiger partial charge < -0.3 is 10.1 Å². The van der Waals surface area contributed by atoms with Crippen LogP contribution in [0.5, 0.6) is 5.75 Å². The van der Waals surface area contributed by atoms with Crippen LogP contribution in [-0.4, -0.2) is 24.3 Å². The average Bonchev–Trinajstić information content (AvgIpc) is 2.70. The maximum atomic E-state index is 12.3. The number of carbonyl (C=O) groups is 3. The zero-order valence-electron chi connectivity index (χ0n) is 18.1. The van der Waals surface area contributed by atoms with E-state index in [0.717, 1.165) is 0 Å². The van der Waals surface area contributed by atoms with Crippen LogP contribution in [-0.2, 0) is 4.79 Å². The summed E-state index contributed by atoms with van der Waals surface area (Å²) in [4.78, 5) is 36.4. The molecule has 0 bridgehead atoms. The standard InChI is InChI=1S/C23H28BrN3O4/c1-14(2)11-21(28)25-18-8-5-16(6-9-18)22(29)26-27-23(30)17-7-10-20(19(24)12-17)31-13-15(3)4/h5-10,12,14-15H,11,13H2,1-4H3,(H,25,28)(H,26,29)(H,27,30). The van der Waals surface area contributed by atoms with E-state index in [1.54, 1.807) is 42.5 Å². The van der Waals surface area contributed by atoms with Crippen LogP contribution in [0, 0.1) is 11.8 Å². The van der Waals surface area contributed by atoms with Gasteiger partial charge in [0, 0.05) is 23.2 Å². The van der Waals surface area contributed by atoms with Gasteiger partial charge in [-0.25, -0.2) is 0 Å². The van der Waals surface area contributed by atoms with Gasteiger partial charge in [-0.2, -0.15) is 0 Å². The van der Waals surface area contributed by atoms with Gasteiger partial charge in [0.2, 0.25) is 5.91 Å². The lowest BCUT2D eigenvalue weighted by Gasteiger charge is -2.12. The van der Waals surface area contributed by atoms with Crippen molar-refractivity contribution < 1.29 is 19.1 Å². The monoisotopic (exact) mass is 489 g/mol. The third-order valence-electron chi connectivity index (χ3n) is 4.08. The molecular weight excluding hydrogens is 462 g/mol. The van der Waals surface area contributed by atoms with Gasteiger partial charge in [-0.05, 0) is 70.2 Å². The van der Waals surface area contributed by atoms with Gasteiger partial charge in [0.25, 0.3) is 11.8 Å². The van der Waals surface area contributed by atoms with E-state index < -0.39 is 11.8 Å². The Bertz CT molecular complexity index is 927. The van der Waals surface area contributed by atoms with Crippen molar-refractivity contribution in [3.63, 3.8) is 0 Å². The fraction of sp³-hybridized carbons (Fsp3) is 0.348. The quantitative estimate of drug-likeness (QED) is 0.474. The number of anilines is 1. The molecule has 0 atom stereocenters. The Labute approximate surface area is 191 Å². The fourth-order valence-electron chi connectivity index (χ4n) is 2.56. The number of halogens is 1. The number of nitrogens with one attached hydrogen (secondary N) is 3. The largest absolute Gasteiger partial charge is 0.492 e. The highest BCUT2D eigenvalue weighted by Crippen LogP contribution is 2.26. The summed E-state index contributed by atoms with van der Waals surface area (Å²) >= 11 is 3.40. The summed E-state index contributed by atoms with van der Waals surface area (Å²) < 4.78 is 6.32. The predicted molar refractivity (Wildman–Crippen MR) is 124 cm³/mol. The van der Waals surface area contributed by atoms with Crippen molar-refractivity contribution in [2.24, 2.45) is 11.8 Å². The number of amides is 3. The highest BCUT2D eigenvalue weighted by Gasteiger charge is 2.12. The van der Waals surface area contributed by atoms with Gasteiger partial charge in [0.1, 0.15) is 5.75 Å². The molecule has 0 aliphatic heterocycles. The van der Waals surface area contributed by atoms with E-state index in [1.807, 2.05) is 13.8 Å². The summed E-state index contributed by atoms with van der Waals surface area (Å²) in [5.41, 5.74) is 6.10. The molecule has 0 fully saturated rings. The van der Waals surface area contributed by atoms with Crippen LogP contribution >= 0.6 is 15.9 Å². The molecule has 3 amide bonds. The minimum Gasteiger partial charge on any atom is -0.492 e. The lowest BCUT2D eigenvalue weighted by atomic mass is 10.1. The minimum atomic E-state index is -0.468. The molecule has 2 rings (SSSR count). The first-order chi connectivity index (χ1) is 14.7. The molecule has 8 heteroatoms. The Morgan fingerprint density at radius 3 is 2.00 bits per heavy atom. The Morgan fingerprint density at radius 1 is 0.871 bits per heavy atom. The van der Waals surface area contributed by atoms with E-state index in [0.29, 0.717) is 46.0 Å². The zero-order valence-corrected chi connectivity index (χ0v) is 19.7. The lowest BCUT2D eigenvalue weighted by molar-refractivity contribution is -0.116. The van der Waals surface area contributed by atoms with Crippen molar-refractivity contribution in [3.05, 3.63) is 58.1 Å². The molecule has 2 aromatic carbocycles. The second-order valence-corrected chi connectivity index (χ2v) is 8.84. The number of hydrogen-bond donors (Lipinski definition) is 3. The minimum absolute atomic E-state index is 0.0775. The van der Waals surface area contributed by atoms with E-state index in [2.05, 4.69) is 45.9 Å². The molecule has 0 aromatic heterocycles. The van der Waals surface area contributed by atoms with Gasteiger partial charge >= 0.3 is 0 Å². The average molecular weight is 490 g/mol. The molecule has 0 aliphatic rings. The highest BCUT2D eigenvalue weighted by molar-refractivity contribution is 9.10. The lowest BCUT2D eigenvalue weighted by Crippen LogP contribution is -2.41. The first kappa shape index (κ1) is 24.4. The molecule has 0 saturated heterocycles. The van der Waals surface area contributed by atoms with Crippen LogP contribution < -0.4 is 20.9 Å². The maximum Gasteiger partial charge on any atom is 0.269 e. The van der Waals surface area contributed by atoms with Crippen LogP contribution in [0.3, 0.4) is 0 Å². The summed E-state index contributed by atoms with van der Waals surface area (Å²) in [6, 6.07) is 11.4. The van der Waals surface area contributed by atoms with E-state index in [-0.39, 0.29) is 11.8 Å². The van der Waals surface area contributed by atoms with Crippen molar-refractivity contribution >= 4 is 39.3 Å². The Morgan fingerprint density at radius 2 is 1.45 bits per heavy atom. The van der Waals surface area contributed by atoms with E-state index in [4.69, 9.17) is 4.74 Å². The van der Waals surface area contributed by atoms with E-state index in [9.17, 15) is 14.4 Å². The maximum absolute atomic E-state index is 12.3. The number of ether oxygens (including phenoxy) is 1. The summed E-state index contributed by atoms with van der Waals surface area (Å²) in [5.74, 6) is 0.293. The molecule has 0 unspecified atom stereocenters. The van der Waals surface area contributed by atoms with Crippen LogP contribution in [0.25, 0.3) is 0 Å². The summed E-state index contributed by atoms with van der Waals surface area (Å²) in [6.07, 6.45) is 0.426. The second kappa shape index (κ2) is 11.5. The fourth-order valence-corrected chi connectivity index (χ4v) is 3.05. The molecule has 2 aromatic rings. The molecule has 166 valence electrons. The van der Waals surface area contributed by atoms with Crippen molar-refractivity contribution in [1.82, 2.24) is 10.9 Å². The van der Waals surface area contributed by atoms with Gasteiger partial charge in [-0.15, -0.1) is 0 Å². The highest BCUT2D eigenvalue weighted by atomic mass is 79.9. The molecule has 0 radical (unpaired) electrons. The van der Waals surface area contributed by atoms with Crippen LogP contribution in [0.2, 0.25) is 0 Å². The Kier molecular flexibility index (Phi) is 9.05. The Balaban J connectivity index is 1.89. The van der Waals surface area contributed by atoms with Crippen molar-refractivity contribution in [2.45, 2.75) is 34.1 Å². The molecule has 7 nitrogen and oxygen atoms in total. The number of rotatable bonds is 8. The third kappa shape index (κ3) is 8.05. The van der Waals surface area contributed by atoms with Crippen molar-refractivity contribution in [3.8, 4) is 5.75 Å². The first-order valence-corrected chi connectivity index (χ1v) is 10.9. The second-order valence-electron chi connectivity index (χ2n) is 7.98. The number of hydrogen-bond acceptors (Lipinski definition) is 4. The molecule has 3 N–H and O–H groups in total. The molecule has 31 heavy (non-hydrogen) atoms. The SMILES string of the molecule is CC(C)COc1ccc(C(=O)NNC(=O)c2ccc(NC(=O)CC(C)C)cc2)cc1Br. The van der Waals surface area contributed by atoms with E-state index >= 15 is 0 Å². The van der Waals surface area contributed by atoms with Gasteiger partial charge in [0.15, 0.2) is 0 Å². The molecule has 0 spiro atoms. The number of carbonyl (C=O) groups excluding carboxylic acids is 3. The van der Waals surface area contributed by atoms with Gasteiger partial charge in [0.05, 0.1) is 11.1 Å². The van der Waals surface area contributed by atoms with Crippen LogP contribution in [0.1, 0.15) is 54.8 Å². The molecule has 0 heterocycles. The molecule has 0 aliphatic carbocycles. The van der Waals surface area contributed by atoms with Crippen LogP contribution in [0.4, 0.5) is 5.69 Å². The van der Waals surface area contributed by atoms with Gasteiger partial charge in [-0.3, -0.25) is 25.2 Å². The van der Waals surface area contributed by atoms with Crippen molar-refractivity contribution in [1.29, 1.82) is 0 Å². The molecule has 0 saturated carbocycles. The zero-order chi connectivity index (χ0) is 23.0. The Hall–Kier alpha value is -2.87. The topological polar surface area (TPSA) is 96.5 Å². The summed E-state index contributed by atoms with van der Waals surface area (Å²) in [5, 5.41) is 2.78. The number of benzene rings is 2. The summed E-state index contributed by atoms with van der Waals surface area (Å²) in [7, 11) is 0.